The van der Waals surface area contributed by atoms with E-state index < -0.39 is 17.7 Å². The van der Waals surface area contributed by atoms with Crippen molar-refractivity contribution in [2.24, 2.45) is 0 Å². The van der Waals surface area contributed by atoms with Gasteiger partial charge in [-0.1, -0.05) is 12.1 Å². The van der Waals surface area contributed by atoms with Gasteiger partial charge in [-0.15, -0.1) is 23.1 Å². The molecule has 0 unspecified atom stereocenters. The Bertz CT molecular complexity index is 1290. The number of aliphatic carboxylic acids is 1. The average Bonchev–Trinajstić information content (AvgIpc) is 3.24. The molecule has 0 fully saturated rings. The number of benzene rings is 2. The third-order valence-electron chi connectivity index (χ3n) is 4.93. The van der Waals surface area contributed by atoms with Gasteiger partial charge in [0.1, 0.15) is 17.4 Å². The number of thioether (sulfide) groups is 1. The average molecular weight is 478 g/mol. The van der Waals surface area contributed by atoms with Crippen LogP contribution in [0.2, 0.25) is 0 Å². The first-order valence-electron chi connectivity index (χ1n) is 9.57. The van der Waals surface area contributed by atoms with Crippen LogP contribution in [0, 0.1) is 13.8 Å². The summed E-state index contributed by atoms with van der Waals surface area (Å²) in [6, 6.07) is 10.8. The van der Waals surface area contributed by atoms with Crippen molar-refractivity contribution in [3.63, 3.8) is 0 Å². The fourth-order valence-electron chi connectivity index (χ4n) is 3.29. The molecule has 32 heavy (non-hydrogen) atoms. The zero-order valence-electron chi connectivity index (χ0n) is 17.1. The number of aryl methyl sites for hydroxylation is 2. The third kappa shape index (κ3) is 4.66. The number of halogens is 3. The van der Waals surface area contributed by atoms with Gasteiger partial charge in [0.05, 0.1) is 22.3 Å². The highest BCUT2D eigenvalue weighted by Crippen LogP contribution is 2.35. The van der Waals surface area contributed by atoms with Crippen LogP contribution in [-0.2, 0) is 23.3 Å². The van der Waals surface area contributed by atoms with E-state index in [-0.39, 0.29) is 6.54 Å². The van der Waals surface area contributed by atoms with Crippen LogP contribution in [0.5, 0.6) is 0 Å². The maximum absolute atomic E-state index is 12.8. The van der Waals surface area contributed by atoms with E-state index in [0.717, 1.165) is 38.6 Å². The van der Waals surface area contributed by atoms with Crippen LogP contribution < -0.4 is 0 Å². The van der Waals surface area contributed by atoms with Crippen molar-refractivity contribution in [3.8, 4) is 10.6 Å². The SMILES string of the molecule is Cc1nc(-c2ccc(C(F)(F)F)cc2)sc1CSc1ccc2c(c1)nc(C)n2CC(=O)O. The van der Waals surface area contributed by atoms with Gasteiger partial charge in [0, 0.05) is 21.1 Å². The lowest BCUT2D eigenvalue weighted by Gasteiger charge is -2.06. The van der Waals surface area contributed by atoms with E-state index >= 15 is 0 Å². The summed E-state index contributed by atoms with van der Waals surface area (Å²) in [5, 5.41) is 9.77. The zero-order valence-corrected chi connectivity index (χ0v) is 18.7. The van der Waals surface area contributed by atoms with Crippen molar-refractivity contribution >= 4 is 40.1 Å². The number of aromatic nitrogens is 3. The highest BCUT2D eigenvalue weighted by atomic mass is 32.2. The Hall–Kier alpha value is -2.85. The maximum Gasteiger partial charge on any atom is 0.416 e. The molecule has 0 aliphatic carbocycles. The van der Waals surface area contributed by atoms with Crippen LogP contribution in [0.3, 0.4) is 0 Å². The summed E-state index contributed by atoms with van der Waals surface area (Å²) in [6.07, 6.45) is -4.36. The molecule has 2 aromatic heterocycles. The monoisotopic (exact) mass is 477 g/mol. The summed E-state index contributed by atoms with van der Waals surface area (Å²) in [5.74, 6) is 0.379. The second-order valence-electron chi connectivity index (χ2n) is 7.18. The highest BCUT2D eigenvalue weighted by molar-refractivity contribution is 7.98. The van der Waals surface area contributed by atoms with Crippen LogP contribution in [0.1, 0.15) is 22.0 Å². The number of carboxylic acid groups (broad SMARTS) is 1. The van der Waals surface area contributed by atoms with E-state index in [9.17, 15) is 18.0 Å². The van der Waals surface area contributed by atoms with Crippen molar-refractivity contribution in [3.05, 3.63) is 64.4 Å². The van der Waals surface area contributed by atoms with Gasteiger partial charge in [-0.2, -0.15) is 13.2 Å². The van der Waals surface area contributed by atoms with Crippen LogP contribution in [-0.4, -0.2) is 25.6 Å². The first-order valence-corrected chi connectivity index (χ1v) is 11.4. The smallest absolute Gasteiger partial charge is 0.416 e. The molecular formula is C22H18F3N3O2S2. The largest absolute Gasteiger partial charge is 0.480 e. The molecule has 0 bridgehead atoms. The standard InChI is InChI=1S/C22H18F3N3O2S2/c1-12-19(32-21(26-12)14-3-5-15(6-4-14)22(23,24)25)11-31-16-7-8-18-17(9-16)27-13(2)28(18)10-20(29)30/h3-9H,10-11H2,1-2H3,(H,29,30). The molecule has 0 amide bonds. The molecule has 5 nitrogen and oxygen atoms in total. The van der Waals surface area contributed by atoms with Crippen molar-refractivity contribution in [2.75, 3.05) is 0 Å². The molecule has 4 rings (SSSR count). The Balaban J connectivity index is 1.50. The topological polar surface area (TPSA) is 68.0 Å². The van der Waals surface area contributed by atoms with E-state index in [0.29, 0.717) is 22.1 Å². The summed E-state index contributed by atoms with van der Waals surface area (Å²) in [6.45, 7) is 3.53. The first kappa shape index (κ1) is 22.3. The van der Waals surface area contributed by atoms with E-state index in [1.165, 1.54) is 23.5 Å². The number of hydrogen-bond donors (Lipinski definition) is 1. The fourth-order valence-corrected chi connectivity index (χ4v) is 5.43. The molecule has 166 valence electrons. The molecule has 0 atom stereocenters. The van der Waals surface area contributed by atoms with Gasteiger partial charge in [0.15, 0.2) is 0 Å². The molecule has 1 N–H and O–H groups in total. The minimum absolute atomic E-state index is 0.137. The van der Waals surface area contributed by atoms with Crippen LogP contribution in [0.25, 0.3) is 21.6 Å². The zero-order chi connectivity index (χ0) is 23.0. The lowest BCUT2D eigenvalue weighted by molar-refractivity contribution is -0.138. The summed E-state index contributed by atoms with van der Waals surface area (Å²) >= 11 is 3.07. The molecule has 0 aliphatic rings. The molecule has 2 heterocycles. The summed E-state index contributed by atoms with van der Waals surface area (Å²) in [5.41, 5.74) is 2.33. The predicted octanol–water partition coefficient (Wildman–Crippen LogP) is 6.17. The van der Waals surface area contributed by atoms with Crippen molar-refractivity contribution in [1.29, 1.82) is 0 Å². The highest BCUT2D eigenvalue weighted by Gasteiger charge is 2.30. The van der Waals surface area contributed by atoms with Crippen molar-refractivity contribution in [1.82, 2.24) is 14.5 Å². The lowest BCUT2D eigenvalue weighted by atomic mass is 10.1. The van der Waals surface area contributed by atoms with E-state index in [1.54, 1.807) is 23.3 Å². The second kappa shape index (κ2) is 8.59. The van der Waals surface area contributed by atoms with Gasteiger partial charge >= 0.3 is 12.1 Å². The van der Waals surface area contributed by atoms with E-state index in [2.05, 4.69) is 9.97 Å². The van der Waals surface area contributed by atoms with E-state index in [4.69, 9.17) is 5.11 Å². The molecular weight excluding hydrogens is 459 g/mol. The Morgan fingerprint density at radius 3 is 2.50 bits per heavy atom. The quantitative estimate of drug-likeness (QED) is 0.336. The summed E-state index contributed by atoms with van der Waals surface area (Å²) in [7, 11) is 0. The molecule has 2 aromatic carbocycles. The minimum Gasteiger partial charge on any atom is -0.480 e. The molecule has 0 radical (unpaired) electrons. The Labute approximate surface area is 189 Å². The number of carboxylic acids is 1. The number of hydrogen-bond acceptors (Lipinski definition) is 5. The third-order valence-corrected chi connectivity index (χ3v) is 7.34. The van der Waals surface area contributed by atoms with Gasteiger partial charge in [0.2, 0.25) is 0 Å². The van der Waals surface area contributed by atoms with Gasteiger partial charge in [-0.25, -0.2) is 9.97 Å². The number of alkyl halides is 3. The maximum atomic E-state index is 12.8. The number of thiazole rings is 1. The number of imidazole rings is 1. The number of fused-ring (bicyclic) bond motifs is 1. The van der Waals surface area contributed by atoms with Crippen LogP contribution >= 0.6 is 23.1 Å². The summed E-state index contributed by atoms with van der Waals surface area (Å²) < 4.78 is 40.0. The number of rotatable bonds is 6. The predicted molar refractivity (Wildman–Crippen MR) is 119 cm³/mol. The van der Waals surface area contributed by atoms with Crippen molar-refractivity contribution in [2.45, 2.75) is 37.2 Å². The molecule has 4 aromatic rings. The second-order valence-corrected chi connectivity index (χ2v) is 9.31. The van der Waals surface area contributed by atoms with Gasteiger partial charge in [-0.3, -0.25) is 4.79 Å². The van der Waals surface area contributed by atoms with Crippen molar-refractivity contribution < 1.29 is 23.1 Å². The number of nitrogens with zero attached hydrogens (tertiary/aromatic N) is 3. The minimum atomic E-state index is -4.36. The van der Waals surface area contributed by atoms with E-state index in [1.807, 2.05) is 25.1 Å². The normalized spacial score (nSPS) is 11.9. The Morgan fingerprint density at radius 2 is 1.84 bits per heavy atom. The summed E-state index contributed by atoms with van der Waals surface area (Å²) in [4.78, 5) is 22.1. The lowest BCUT2D eigenvalue weighted by Crippen LogP contribution is -2.09. The van der Waals surface area contributed by atoms with Crippen LogP contribution in [0.15, 0.2) is 47.4 Å². The Morgan fingerprint density at radius 1 is 1.12 bits per heavy atom. The van der Waals surface area contributed by atoms with Crippen LogP contribution in [0.4, 0.5) is 13.2 Å². The van der Waals surface area contributed by atoms with Gasteiger partial charge in [0.25, 0.3) is 0 Å². The fraction of sp³-hybridized carbons (Fsp3) is 0.227. The molecule has 0 spiro atoms. The molecule has 0 aliphatic heterocycles. The number of carbonyl (C=O) groups is 1. The molecule has 0 saturated carbocycles. The first-order chi connectivity index (χ1) is 15.1. The van der Waals surface area contributed by atoms with Gasteiger partial charge < -0.3 is 9.67 Å². The Kier molecular flexibility index (Phi) is 6.00. The van der Waals surface area contributed by atoms with Gasteiger partial charge in [-0.05, 0) is 44.2 Å². The molecule has 0 saturated heterocycles. The molecule has 10 heteroatoms.